The Balaban J connectivity index is 1.71. The van der Waals surface area contributed by atoms with Gasteiger partial charge in [0, 0.05) is 5.92 Å². The maximum absolute atomic E-state index is 6.09. The molecule has 0 unspecified atom stereocenters. The number of nitrogen functional groups attached to an aromatic ring is 1. The molecule has 0 radical (unpaired) electrons. The summed E-state index contributed by atoms with van der Waals surface area (Å²) < 4.78 is 5.16. The molecule has 2 aromatic heterocycles. The molecule has 19 heavy (non-hydrogen) atoms. The number of aromatic nitrogens is 4. The molecule has 3 N–H and O–H groups in total. The molecule has 1 saturated carbocycles. The van der Waals surface area contributed by atoms with Crippen LogP contribution in [0.5, 0.6) is 0 Å². The fourth-order valence-electron chi connectivity index (χ4n) is 1.70. The summed E-state index contributed by atoms with van der Waals surface area (Å²) in [6, 6.07) is 0. The summed E-state index contributed by atoms with van der Waals surface area (Å²) in [5.74, 6) is 2.39. The summed E-state index contributed by atoms with van der Waals surface area (Å²) in [6.07, 6.45) is 2.26. The van der Waals surface area contributed by atoms with E-state index < -0.39 is 0 Å². The van der Waals surface area contributed by atoms with Crippen LogP contribution in [0.25, 0.3) is 0 Å². The third kappa shape index (κ3) is 2.60. The van der Waals surface area contributed by atoms with E-state index in [1.807, 2.05) is 0 Å². The number of nitrogens with zero attached hydrogens (tertiary/aromatic N) is 4. The van der Waals surface area contributed by atoms with Gasteiger partial charge in [-0.15, -0.1) is 0 Å². The summed E-state index contributed by atoms with van der Waals surface area (Å²) in [5.41, 5.74) is 6.21. The standard InChI is InChI=1S/C11H13ClN6O/c1-5-8(12)9(17-11(13)15-5)14-4-7-16-10(19-18-7)6-2-3-6/h6H,2-4H2,1H3,(H3,13,14,15,17). The molecule has 8 heteroatoms. The zero-order valence-electron chi connectivity index (χ0n) is 10.4. The fraction of sp³-hybridized carbons (Fsp3) is 0.455. The molecule has 2 aromatic rings. The minimum absolute atomic E-state index is 0.177. The van der Waals surface area contributed by atoms with Crippen LogP contribution >= 0.6 is 11.6 Å². The summed E-state index contributed by atoms with van der Waals surface area (Å²) in [7, 11) is 0. The molecule has 100 valence electrons. The van der Waals surface area contributed by atoms with Crippen molar-refractivity contribution in [3.05, 3.63) is 22.4 Å². The number of rotatable bonds is 4. The molecule has 0 aliphatic heterocycles. The van der Waals surface area contributed by atoms with Crippen LogP contribution in [0, 0.1) is 6.92 Å². The van der Waals surface area contributed by atoms with Gasteiger partial charge in [-0.2, -0.15) is 9.97 Å². The second-order valence-corrected chi connectivity index (χ2v) is 4.88. The van der Waals surface area contributed by atoms with Crippen molar-refractivity contribution in [2.75, 3.05) is 11.1 Å². The fourth-order valence-corrected chi connectivity index (χ4v) is 1.85. The Labute approximate surface area is 114 Å². The molecule has 0 bridgehead atoms. The molecule has 1 aliphatic carbocycles. The van der Waals surface area contributed by atoms with Crippen LogP contribution in [0.3, 0.4) is 0 Å². The van der Waals surface area contributed by atoms with Crippen LogP contribution in [0.2, 0.25) is 5.02 Å². The molecule has 0 atom stereocenters. The van der Waals surface area contributed by atoms with E-state index >= 15 is 0 Å². The lowest BCUT2D eigenvalue weighted by molar-refractivity contribution is 0.374. The molecule has 7 nitrogen and oxygen atoms in total. The zero-order chi connectivity index (χ0) is 13.4. The molecular weight excluding hydrogens is 268 g/mol. The number of hydrogen-bond acceptors (Lipinski definition) is 7. The van der Waals surface area contributed by atoms with Gasteiger partial charge in [-0.3, -0.25) is 0 Å². The summed E-state index contributed by atoms with van der Waals surface area (Å²) in [4.78, 5) is 12.3. The molecule has 0 amide bonds. The number of halogens is 1. The van der Waals surface area contributed by atoms with Gasteiger partial charge in [0.2, 0.25) is 11.8 Å². The Hall–Kier alpha value is -1.89. The smallest absolute Gasteiger partial charge is 0.229 e. The number of nitrogens with two attached hydrogens (primary N) is 1. The first-order chi connectivity index (χ1) is 9.13. The van der Waals surface area contributed by atoms with Crippen LogP contribution in [0.1, 0.15) is 36.2 Å². The molecule has 2 heterocycles. The second kappa shape index (κ2) is 4.65. The van der Waals surface area contributed by atoms with E-state index in [-0.39, 0.29) is 5.95 Å². The Morgan fingerprint density at radius 2 is 2.16 bits per heavy atom. The third-order valence-corrected chi connectivity index (χ3v) is 3.31. The van der Waals surface area contributed by atoms with Crippen molar-refractivity contribution in [2.24, 2.45) is 0 Å². The van der Waals surface area contributed by atoms with E-state index in [0.29, 0.717) is 40.7 Å². The topological polar surface area (TPSA) is 103 Å². The molecule has 0 saturated heterocycles. The van der Waals surface area contributed by atoms with Crippen molar-refractivity contribution in [1.29, 1.82) is 0 Å². The van der Waals surface area contributed by atoms with Crippen molar-refractivity contribution >= 4 is 23.4 Å². The molecule has 1 aliphatic rings. The van der Waals surface area contributed by atoms with Gasteiger partial charge in [-0.25, -0.2) is 4.98 Å². The number of aryl methyl sites for hydroxylation is 1. The summed E-state index contributed by atoms with van der Waals surface area (Å²) in [6.45, 7) is 2.15. The van der Waals surface area contributed by atoms with E-state index in [0.717, 1.165) is 12.8 Å². The van der Waals surface area contributed by atoms with E-state index in [1.54, 1.807) is 6.92 Å². The molecule has 3 rings (SSSR count). The van der Waals surface area contributed by atoms with Gasteiger partial charge in [0.1, 0.15) is 5.02 Å². The molecular formula is C11H13ClN6O. The first kappa shape index (κ1) is 12.2. The van der Waals surface area contributed by atoms with E-state index in [2.05, 4.69) is 25.4 Å². The monoisotopic (exact) mass is 280 g/mol. The second-order valence-electron chi connectivity index (χ2n) is 4.51. The van der Waals surface area contributed by atoms with Gasteiger partial charge in [0.05, 0.1) is 12.2 Å². The number of hydrogen-bond donors (Lipinski definition) is 2. The summed E-state index contributed by atoms with van der Waals surface area (Å²) in [5, 5.41) is 7.38. The molecule has 0 aromatic carbocycles. The highest BCUT2D eigenvalue weighted by atomic mass is 35.5. The van der Waals surface area contributed by atoms with Crippen LogP contribution in [0.4, 0.5) is 11.8 Å². The lowest BCUT2D eigenvalue weighted by Gasteiger charge is -2.07. The van der Waals surface area contributed by atoms with E-state index in [1.165, 1.54) is 0 Å². The SMILES string of the molecule is Cc1nc(N)nc(NCc2noc(C3CC3)n2)c1Cl. The van der Waals surface area contributed by atoms with Crippen molar-refractivity contribution in [2.45, 2.75) is 32.2 Å². The zero-order valence-corrected chi connectivity index (χ0v) is 11.1. The third-order valence-electron chi connectivity index (χ3n) is 2.86. The van der Waals surface area contributed by atoms with E-state index in [4.69, 9.17) is 21.9 Å². The quantitative estimate of drug-likeness (QED) is 0.881. The van der Waals surface area contributed by atoms with Gasteiger partial charge < -0.3 is 15.6 Å². The van der Waals surface area contributed by atoms with Gasteiger partial charge >= 0.3 is 0 Å². The highest BCUT2D eigenvalue weighted by Crippen LogP contribution is 2.38. The first-order valence-corrected chi connectivity index (χ1v) is 6.37. The maximum Gasteiger partial charge on any atom is 0.229 e. The number of anilines is 2. The highest BCUT2D eigenvalue weighted by molar-refractivity contribution is 6.33. The van der Waals surface area contributed by atoms with Crippen LogP contribution < -0.4 is 11.1 Å². The Morgan fingerprint density at radius 1 is 1.37 bits per heavy atom. The summed E-state index contributed by atoms with van der Waals surface area (Å²) >= 11 is 6.09. The molecule has 0 spiro atoms. The minimum Gasteiger partial charge on any atom is -0.368 e. The van der Waals surface area contributed by atoms with Gasteiger partial charge in [0.15, 0.2) is 11.6 Å². The lowest BCUT2D eigenvalue weighted by atomic mass is 10.4. The average Bonchev–Trinajstić information content (AvgIpc) is 3.12. The van der Waals surface area contributed by atoms with Gasteiger partial charge in [-0.1, -0.05) is 16.8 Å². The van der Waals surface area contributed by atoms with Crippen LogP contribution in [-0.2, 0) is 6.54 Å². The molecule has 1 fully saturated rings. The predicted octanol–water partition coefficient (Wildman–Crippen LogP) is 1.89. The lowest BCUT2D eigenvalue weighted by Crippen LogP contribution is -2.07. The van der Waals surface area contributed by atoms with Crippen LogP contribution in [0.15, 0.2) is 4.52 Å². The first-order valence-electron chi connectivity index (χ1n) is 5.99. The minimum atomic E-state index is 0.177. The average molecular weight is 281 g/mol. The van der Waals surface area contributed by atoms with E-state index in [9.17, 15) is 0 Å². The van der Waals surface area contributed by atoms with Crippen molar-refractivity contribution in [3.8, 4) is 0 Å². The number of nitrogens with one attached hydrogen (secondary N) is 1. The van der Waals surface area contributed by atoms with Gasteiger partial charge in [-0.05, 0) is 19.8 Å². The van der Waals surface area contributed by atoms with Crippen molar-refractivity contribution in [1.82, 2.24) is 20.1 Å². The Morgan fingerprint density at radius 3 is 2.89 bits per heavy atom. The van der Waals surface area contributed by atoms with Crippen molar-refractivity contribution in [3.63, 3.8) is 0 Å². The van der Waals surface area contributed by atoms with Crippen molar-refractivity contribution < 1.29 is 4.52 Å². The maximum atomic E-state index is 6.09. The highest BCUT2D eigenvalue weighted by Gasteiger charge is 2.29. The van der Waals surface area contributed by atoms with Crippen LogP contribution in [-0.4, -0.2) is 20.1 Å². The Bertz CT molecular complexity index is 609. The van der Waals surface area contributed by atoms with Gasteiger partial charge in [0.25, 0.3) is 0 Å². The predicted molar refractivity (Wildman–Crippen MR) is 69.8 cm³/mol. The Kier molecular flexibility index (Phi) is 2.98. The largest absolute Gasteiger partial charge is 0.368 e. The normalized spacial score (nSPS) is 14.6.